The van der Waals surface area contributed by atoms with E-state index in [0.29, 0.717) is 0 Å². The van der Waals surface area contributed by atoms with Crippen molar-refractivity contribution in [3.8, 4) is 0 Å². The lowest BCUT2D eigenvalue weighted by molar-refractivity contribution is 0.365. The van der Waals surface area contributed by atoms with Crippen molar-refractivity contribution in [2.45, 2.75) is 0 Å². The van der Waals surface area contributed by atoms with Crippen LogP contribution < -0.4 is 0 Å². The summed E-state index contributed by atoms with van der Waals surface area (Å²) in [5.74, 6) is 0. The molecule has 1 aliphatic heterocycles. The highest BCUT2D eigenvalue weighted by molar-refractivity contribution is 7.63. The third kappa shape index (κ3) is 1.30. The molecular formula is C4H9O2P. The molecule has 0 amide bonds. The van der Waals surface area contributed by atoms with E-state index in [1.54, 1.807) is 0 Å². The van der Waals surface area contributed by atoms with Gasteiger partial charge in [0.15, 0.2) is 0 Å². The minimum absolute atomic E-state index is 0.730. The van der Waals surface area contributed by atoms with Crippen molar-refractivity contribution >= 4 is 13.6 Å². The Morgan fingerprint density at radius 1 is 1.43 bits per heavy atom. The van der Waals surface area contributed by atoms with Crippen molar-refractivity contribution in [1.82, 2.24) is 0 Å². The standard InChI is InChI=1S/C4H9O2P/c1-7(2)5-3-4-6-7/h1,3-4H2,2H3. The van der Waals surface area contributed by atoms with Crippen LogP contribution in [0.4, 0.5) is 0 Å². The molecule has 7 heavy (non-hydrogen) atoms. The van der Waals surface area contributed by atoms with Gasteiger partial charge in [-0.2, -0.15) is 0 Å². The van der Waals surface area contributed by atoms with Gasteiger partial charge in [-0.1, -0.05) is 6.30 Å². The van der Waals surface area contributed by atoms with Crippen LogP contribution >= 0.6 is 7.34 Å². The van der Waals surface area contributed by atoms with Gasteiger partial charge in [-0.3, -0.25) is 0 Å². The van der Waals surface area contributed by atoms with E-state index < -0.39 is 7.34 Å². The molecule has 0 aromatic rings. The second-order valence-electron chi connectivity index (χ2n) is 1.68. The topological polar surface area (TPSA) is 18.5 Å². The Labute approximate surface area is 43.6 Å². The smallest absolute Gasteiger partial charge is 0.114 e. The molecule has 0 atom stereocenters. The van der Waals surface area contributed by atoms with Gasteiger partial charge in [0.25, 0.3) is 0 Å². The summed E-state index contributed by atoms with van der Waals surface area (Å²) in [6.45, 7) is 3.38. The van der Waals surface area contributed by atoms with Crippen molar-refractivity contribution in [2.75, 3.05) is 19.9 Å². The van der Waals surface area contributed by atoms with E-state index in [2.05, 4.69) is 6.30 Å². The zero-order chi connectivity index (χ0) is 5.33. The Morgan fingerprint density at radius 2 is 1.86 bits per heavy atom. The molecule has 0 aromatic carbocycles. The highest BCUT2D eigenvalue weighted by Crippen LogP contribution is 2.46. The monoisotopic (exact) mass is 120 g/mol. The van der Waals surface area contributed by atoms with Crippen LogP contribution in [0.3, 0.4) is 0 Å². The summed E-state index contributed by atoms with van der Waals surface area (Å²) in [6, 6.07) is 0. The Morgan fingerprint density at radius 3 is 2.00 bits per heavy atom. The minimum atomic E-state index is -1.54. The molecule has 1 rings (SSSR count). The summed E-state index contributed by atoms with van der Waals surface area (Å²) in [5.41, 5.74) is 0. The first-order chi connectivity index (χ1) is 3.21. The molecule has 1 aliphatic rings. The Balaban J connectivity index is 2.57. The fourth-order valence-corrected chi connectivity index (χ4v) is 1.49. The molecule has 2 nitrogen and oxygen atoms in total. The van der Waals surface area contributed by atoms with Gasteiger partial charge < -0.3 is 9.05 Å². The van der Waals surface area contributed by atoms with E-state index in [9.17, 15) is 0 Å². The SMILES string of the molecule is C=P1(C)OCCO1. The second-order valence-corrected chi connectivity index (χ2v) is 4.23. The van der Waals surface area contributed by atoms with Crippen LogP contribution in [0.25, 0.3) is 0 Å². The first-order valence-corrected chi connectivity index (χ1v) is 4.46. The van der Waals surface area contributed by atoms with E-state index in [-0.39, 0.29) is 0 Å². The Kier molecular flexibility index (Phi) is 1.24. The molecule has 0 saturated carbocycles. The average molecular weight is 120 g/mol. The van der Waals surface area contributed by atoms with E-state index >= 15 is 0 Å². The maximum absolute atomic E-state index is 5.12. The van der Waals surface area contributed by atoms with Crippen LogP contribution in [0.2, 0.25) is 0 Å². The van der Waals surface area contributed by atoms with Gasteiger partial charge in [-0.25, -0.2) is 0 Å². The molecule has 0 spiro atoms. The fraction of sp³-hybridized carbons (Fsp3) is 0.750. The summed E-state index contributed by atoms with van der Waals surface area (Å²) < 4.78 is 10.2. The van der Waals surface area contributed by atoms with Gasteiger partial charge in [0, 0.05) is 6.66 Å². The zero-order valence-electron chi connectivity index (χ0n) is 4.39. The molecule has 1 saturated heterocycles. The normalized spacial score (nSPS) is 28.1. The van der Waals surface area contributed by atoms with Crippen molar-refractivity contribution in [2.24, 2.45) is 0 Å². The summed E-state index contributed by atoms with van der Waals surface area (Å²) in [7, 11) is -1.54. The third-order valence-corrected chi connectivity index (χ3v) is 2.27. The predicted molar refractivity (Wildman–Crippen MR) is 31.9 cm³/mol. The molecular weight excluding hydrogens is 111 g/mol. The van der Waals surface area contributed by atoms with Crippen LogP contribution in [0.1, 0.15) is 0 Å². The highest BCUT2D eigenvalue weighted by Gasteiger charge is 2.13. The third-order valence-electron chi connectivity index (χ3n) is 0.812. The molecule has 1 fully saturated rings. The molecule has 1 heterocycles. The van der Waals surface area contributed by atoms with Gasteiger partial charge in [0.2, 0.25) is 0 Å². The number of rotatable bonds is 0. The molecule has 42 valence electrons. The maximum Gasteiger partial charge on any atom is 0.114 e. The summed E-state index contributed by atoms with van der Waals surface area (Å²) in [5, 5.41) is 0. The van der Waals surface area contributed by atoms with Gasteiger partial charge in [0.1, 0.15) is 7.34 Å². The zero-order valence-corrected chi connectivity index (χ0v) is 5.28. The van der Waals surface area contributed by atoms with E-state index in [4.69, 9.17) is 9.05 Å². The molecule has 0 unspecified atom stereocenters. The van der Waals surface area contributed by atoms with Crippen LogP contribution in [0, 0.1) is 0 Å². The maximum atomic E-state index is 5.12. The van der Waals surface area contributed by atoms with Crippen molar-refractivity contribution in [3.63, 3.8) is 0 Å². The highest BCUT2D eigenvalue weighted by atomic mass is 31.2. The minimum Gasteiger partial charge on any atom is -0.335 e. The first kappa shape index (κ1) is 5.36. The Hall–Kier alpha value is 0.220. The quantitative estimate of drug-likeness (QED) is 0.443. The number of hydrogen-bond donors (Lipinski definition) is 0. The molecule has 0 aliphatic carbocycles. The lowest BCUT2D eigenvalue weighted by Gasteiger charge is -2.05. The molecule has 0 aromatic heterocycles. The summed E-state index contributed by atoms with van der Waals surface area (Å²) >= 11 is 0. The van der Waals surface area contributed by atoms with Crippen LogP contribution in [-0.2, 0) is 9.05 Å². The van der Waals surface area contributed by atoms with Gasteiger partial charge in [0.05, 0.1) is 13.2 Å². The molecule has 0 radical (unpaired) electrons. The molecule has 0 bridgehead atoms. The van der Waals surface area contributed by atoms with Crippen molar-refractivity contribution in [3.05, 3.63) is 0 Å². The summed E-state index contributed by atoms with van der Waals surface area (Å²) in [6.07, 6.45) is 3.74. The largest absolute Gasteiger partial charge is 0.335 e. The fourth-order valence-electron chi connectivity index (χ4n) is 0.498. The van der Waals surface area contributed by atoms with Crippen molar-refractivity contribution in [1.29, 1.82) is 0 Å². The van der Waals surface area contributed by atoms with E-state index in [1.807, 2.05) is 6.66 Å². The average Bonchev–Trinajstić information content (AvgIpc) is 1.84. The molecule has 0 N–H and O–H groups in total. The first-order valence-electron chi connectivity index (χ1n) is 2.21. The van der Waals surface area contributed by atoms with Gasteiger partial charge in [-0.15, -0.1) is 0 Å². The molecule has 3 heteroatoms. The van der Waals surface area contributed by atoms with E-state index in [0.717, 1.165) is 13.2 Å². The predicted octanol–water partition coefficient (Wildman–Crippen LogP) is 0.943. The lowest BCUT2D eigenvalue weighted by Crippen LogP contribution is -1.79. The summed E-state index contributed by atoms with van der Waals surface area (Å²) in [4.78, 5) is 0. The number of hydrogen-bond acceptors (Lipinski definition) is 2. The van der Waals surface area contributed by atoms with Crippen LogP contribution in [0.5, 0.6) is 0 Å². The van der Waals surface area contributed by atoms with Gasteiger partial charge >= 0.3 is 0 Å². The van der Waals surface area contributed by atoms with Crippen molar-refractivity contribution < 1.29 is 9.05 Å². The van der Waals surface area contributed by atoms with Crippen LogP contribution in [0.15, 0.2) is 0 Å². The van der Waals surface area contributed by atoms with Crippen LogP contribution in [-0.4, -0.2) is 26.2 Å². The lowest BCUT2D eigenvalue weighted by atomic mass is 10.8. The van der Waals surface area contributed by atoms with Gasteiger partial charge in [-0.05, 0) is 0 Å². The second kappa shape index (κ2) is 1.62. The van der Waals surface area contributed by atoms with E-state index in [1.165, 1.54) is 0 Å². The Bertz CT molecular complexity index is 100.